The van der Waals surface area contributed by atoms with Crippen molar-refractivity contribution in [2.75, 3.05) is 0 Å². The van der Waals surface area contributed by atoms with Crippen LogP contribution in [0.15, 0.2) is 29.4 Å². The molecule has 0 spiro atoms. The first-order valence-electron chi connectivity index (χ1n) is 5.95. The molecule has 1 aromatic heterocycles. The zero-order valence-corrected chi connectivity index (χ0v) is 11.6. The summed E-state index contributed by atoms with van der Waals surface area (Å²) in [5.41, 5.74) is 1.12. The lowest BCUT2D eigenvalue weighted by Crippen LogP contribution is -2.02. The predicted molar refractivity (Wildman–Crippen MR) is 73.4 cm³/mol. The Kier molecular flexibility index (Phi) is 4.21. The first-order chi connectivity index (χ1) is 9.11. The Balaban J connectivity index is 2.12. The minimum atomic E-state index is -0.892. The number of aryl methyl sites for hydroxylation is 2. The van der Waals surface area contributed by atoms with Gasteiger partial charge in [0, 0.05) is 11.4 Å². The number of thioether (sulfide) groups is 1. The number of benzene rings is 1. The number of aromatic nitrogens is 3. The maximum absolute atomic E-state index is 11.1. The molecule has 0 radical (unpaired) electrons. The average molecular weight is 277 g/mol. The van der Waals surface area contributed by atoms with Crippen molar-refractivity contribution in [3.63, 3.8) is 0 Å². The van der Waals surface area contributed by atoms with Gasteiger partial charge in [-0.2, -0.15) is 5.10 Å². The van der Waals surface area contributed by atoms with Crippen molar-refractivity contribution in [1.29, 1.82) is 0 Å². The van der Waals surface area contributed by atoms with Crippen LogP contribution in [0, 0.1) is 6.92 Å². The van der Waals surface area contributed by atoms with Crippen molar-refractivity contribution in [3.05, 3.63) is 41.5 Å². The lowest BCUT2D eigenvalue weighted by atomic mass is 10.1. The van der Waals surface area contributed by atoms with E-state index in [4.69, 9.17) is 5.11 Å². The van der Waals surface area contributed by atoms with E-state index in [1.165, 1.54) is 6.33 Å². The summed E-state index contributed by atoms with van der Waals surface area (Å²) in [4.78, 5) is 16.2. The molecule has 0 aliphatic carbocycles. The Morgan fingerprint density at radius 2 is 2.26 bits per heavy atom. The second kappa shape index (κ2) is 5.88. The molecule has 1 aromatic carbocycles. The molecular formula is C13H15N3O2S. The number of carbonyl (C=O) groups is 1. The number of hydrogen-bond acceptors (Lipinski definition) is 4. The zero-order valence-electron chi connectivity index (χ0n) is 10.8. The molecule has 0 saturated carbocycles. The van der Waals surface area contributed by atoms with Gasteiger partial charge in [0.05, 0.1) is 11.3 Å². The molecule has 0 saturated heterocycles. The van der Waals surface area contributed by atoms with Gasteiger partial charge in [0.15, 0.2) is 0 Å². The second-order valence-electron chi connectivity index (χ2n) is 4.06. The number of hydrogen-bond donors (Lipinski definition) is 1. The van der Waals surface area contributed by atoms with E-state index in [-0.39, 0.29) is 0 Å². The summed E-state index contributed by atoms with van der Waals surface area (Å²) in [5, 5.41) is 13.2. The van der Waals surface area contributed by atoms with Crippen LogP contribution in [0.2, 0.25) is 0 Å². The molecule has 19 heavy (non-hydrogen) atoms. The first kappa shape index (κ1) is 13.6. The van der Waals surface area contributed by atoms with Gasteiger partial charge in [-0.15, -0.1) is 11.8 Å². The van der Waals surface area contributed by atoms with Crippen LogP contribution in [-0.2, 0) is 12.3 Å². The fourth-order valence-electron chi connectivity index (χ4n) is 1.73. The minimum Gasteiger partial charge on any atom is -0.478 e. The third-order valence-electron chi connectivity index (χ3n) is 2.80. The fourth-order valence-corrected chi connectivity index (χ4v) is 2.62. The highest BCUT2D eigenvalue weighted by Crippen LogP contribution is 2.24. The van der Waals surface area contributed by atoms with Crippen LogP contribution in [0.1, 0.15) is 28.7 Å². The van der Waals surface area contributed by atoms with Crippen LogP contribution in [-0.4, -0.2) is 25.8 Å². The molecule has 2 aromatic rings. The molecule has 1 heterocycles. The van der Waals surface area contributed by atoms with Gasteiger partial charge in [0.25, 0.3) is 0 Å². The van der Waals surface area contributed by atoms with Crippen LogP contribution < -0.4 is 0 Å². The summed E-state index contributed by atoms with van der Waals surface area (Å²) >= 11 is 1.56. The third-order valence-corrected chi connectivity index (χ3v) is 3.79. The molecule has 2 rings (SSSR count). The molecule has 0 amide bonds. The maximum Gasteiger partial charge on any atom is 0.335 e. The van der Waals surface area contributed by atoms with E-state index >= 15 is 0 Å². The zero-order chi connectivity index (χ0) is 13.8. The molecule has 6 heteroatoms. The van der Waals surface area contributed by atoms with E-state index in [0.29, 0.717) is 11.3 Å². The summed E-state index contributed by atoms with van der Waals surface area (Å²) in [6, 6.07) is 5.46. The molecule has 0 bridgehead atoms. The number of carboxylic acid groups (broad SMARTS) is 1. The Bertz CT molecular complexity index is 595. The standard InChI is InChI=1S/C13H15N3O2S/c1-3-16-12(14-8-15-16)7-19-10-5-4-9(2)11(6-10)13(17)18/h4-6,8H,3,7H2,1-2H3,(H,17,18). The lowest BCUT2D eigenvalue weighted by Gasteiger charge is -2.06. The first-order valence-corrected chi connectivity index (χ1v) is 6.93. The molecule has 0 atom stereocenters. The molecule has 1 N–H and O–H groups in total. The smallest absolute Gasteiger partial charge is 0.335 e. The number of rotatable bonds is 5. The molecule has 0 fully saturated rings. The van der Waals surface area contributed by atoms with E-state index < -0.39 is 5.97 Å². The Labute approximate surface area is 115 Å². The average Bonchev–Trinajstić information content (AvgIpc) is 2.84. The summed E-state index contributed by atoms with van der Waals surface area (Å²) in [7, 11) is 0. The highest BCUT2D eigenvalue weighted by atomic mass is 32.2. The van der Waals surface area contributed by atoms with Crippen LogP contribution >= 0.6 is 11.8 Å². The van der Waals surface area contributed by atoms with Crippen molar-refractivity contribution in [1.82, 2.24) is 14.8 Å². The molecule has 0 aliphatic rings. The SMILES string of the molecule is CCn1ncnc1CSc1ccc(C)c(C(=O)O)c1. The van der Waals surface area contributed by atoms with Gasteiger partial charge in [-0.25, -0.2) is 14.5 Å². The summed E-state index contributed by atoms with van der Waals surface area (Å²) in [6.45, 7) is 4.59. The highest BCUT2D eigenvalue weighted by molar-refractivity contribution is 7.98. The molecule has 0 unspecified atom stereocenters. The van der Waals surface area contributed by atoms with Gasteiger partial charge in [0.2, 0.25) is 0 Å². The summed E-state index contributed by atoms with van der Waals surface area (Å²) < 4.78 is 1.83. The van der Waals surface area contributed by atoms with Crippen molar-refractivity contribution in [3.8, 4) is 0 Å². The van der Waals surface area contributed by atoms with Crippen molar-refractivity contribution < 1.29 is 9.90 Å². The van der Waals surface area contributed by atoms with E-state index in [2.05, 4.69) is 10.1 Å². The molecule has 0 aliphatic heterocycles. The third kappa shape index (κ3) is 3.14. The van der Waals surface area contributed by atoms with Crippen molar-refractivity contribution in [2.45, 2.75) is 31.0 Å². The monoisotopic (exact) mass is 277 g/mol. The second-order valence-corrected chi connectivity index (χ2v) is 5.11. The quantitative estimate of drug-likeness (QED) is 0.851. The number of aromatic carboxylic acids is 1. The predicted octanol–water partition coefficient (Wildman–Crippen LogP) is 2.60. The summed E-state index contributed by atoms with van der Waals surface area (Å²) in [6.07, 6.45) is 1.54. The van der Waals surface area contributed by atoms with Gasteiger partial charge in [-0.3, -0.25) is 0 Å². The van der Waals surface area contributed by atoms with Crippen molar-refractivity contribution >= 4 is 17.7 Å². The Hall–Kier alpha value is -1.82. The van der Waals surface area contributed by atoms with Crippen LogP contribution in [0.25, 0.3) is 0 Å². The minimum absolute atomic E-state index is 0.349. The van der Waals surface area contributed by atoms with Gasteiger partial charge in [-0.05, 0) is 31.5 Å². The molecule has 5 nitrogen and oxygen atoms in total. The summed E-state index contributed by atoms with van der Waals surface area (Å²) in [5.74, 6) is 0.678. The van der Waals surface area contributed by atoms with Crippen molar-refractivity contribution in [2.24, 2.45) is 0 Å². The van der Waals surface area contributed by atoms with Gasteiger partial charge in [-0.1, -0.05) is 6.07 Å². The van der Waals surface area contributed by atoms with E-state index in [0.717, 1.165) is 22.8 Å². The van der Waals surface area contributed by atoms with E-state index in [1.807, 2.05) is 23.7 Å². The van der Waals surface area contributed by atoms with Gasteiger partial charge in [0.1, 0.15) is 12.2 Å². The topological polar surface area (TPSA) is 68.0 Å². The van der Waals surface area contributed by atoms with Crippen LogP contribution in [0.4, 0.5) is 0 Å². The maximum atomic E-state index is 11.1. The Morgan fingerprint density at radius 3 is 2.95 bits per heavy atom. The molecular weight excluding hydrogens is 262 g/mol. The fraction of sp³-hybridized carbons (Fsp3) is 0.308. The van der Waals surface area contributed by atoms with E-state index in [9.17, 15) is 4.79 Å². The highest BCUT2D eigenvalue weighted by Gasteiger charge is 2.09. The van der Waals surface area contributed by atoms with Gasteiger partial charge < -0.3 is 5.11 Å². The largest absolute Gasteiger partial charge is 0.478 e. The van der Waals surface area contributed by atoms with Crippen LogP contribution in [0.5, 0.6) is 0 Å². The number of carboxylic acids is 1. The normalized spacial score (nSPS) is 10.6. The lowest BCUT2D eigenvalue weighted by molar-refractivity contribution is 0.0696. The van der Waals surface area contributed by atoms with Gasteiger partial charge >= 0.3 is 5.97 Å². The Morgan fingerprint density at radius 1 is 1.47 bits per heavy atom. The van der Waals surface area contributed by atoms with Crippen LogP contribution in [0.3, 0.4) is 0 Å². The molecule has 100 valence electrons. The number of nitrogens with zero attached hydrogens (tertiary/aromatic N) is 3. The van der Waals surface area contributed by atoms with E-state index in [1.54, 1.807) is 24.8 Å².